The number of rotatable bonds is 4. The first kappa shape index (κ1) is 17.4. The number of aromatic nitrogens is 2. The van der Waals surface area contributed by atoms with Gasteiger partial charge in [-0.25, -0.2) is 4.98 Å². The summed E-state index contributed by atoms with van der Waals surface area (Å²) < 4.78 is 6.83. The van der Waals surface area contributed by atoms with E-state index in [1.54, 1.807) is 4.57 Å². The van der Waals surface area contributed by atoms with E-state index in [9.17, 15) is 14.7 Å². The minimum Gasteiger partial charge on any atom is -0.502 e. The zero-order valence-corrected chi connectivity index (χ0v) is 15.3. The van der Waals surface area contributed by atoms with Crippen LogP contribution in [0.3, 0.4) is 0 Å². The first-order chi connectivity index (χ1) is 13.1. The Morgan fingerprint density at radius 1 is 1.15 bits per heavy atom. The third-order valence-corrected chi connectivity index (χ3v) is 5.31. The number of nitrogens with zero attached hydrogens (tertiary/aromatic N) is 2. The van der Waals surface area contributed by atoms with Crippen LogP contribution in [0.25, 0.3) is 21.7 Å². The molecule has 0 aliphatic carbocycles. The maximum absolute atomic E-state index is 12.9. The molecule has 0 aliphatic heterocycles. The number of thioether (sulfide) groups is 1. The second-order valence-electron chi connectivity index (χ2n) is 6.04. The summed E-state index contributed by atoms with van der Waals surface area (Å²) in [6, 6.07) is 12.9. The zero-order chi connectivity index (χ0) is 19.0. The Labute approximate surface area is 158 Å². The number of hydrogen-bond donors (Lipinski definition) is 1. The molecule has 0 fully saturated rings. The van der Waals surface area contributed by atoms with E-state index in [1.165, 1.54) is 17.8 Å². The van der Waals surface area contributed by atoms with E-state index in [-0.39, 0.29) is 5.56 Å². The average molecular weight is 380 g/mol. The minimum absolute atomic E-state index is 0.0945. The molecule has 0 amide bonds. The molecular weight excluding hydrogens is 364 g/mol. The monoisotopic (exact) mass is 380 g/mol. The average Bonchev–Trinajstić information content (AvgIpc) is 2.68. The number of benzene rings is 2. The Bertz CT molecular complexity index is 1280. The highest BCUT2D eigenvalue weighted by molar-refractivity contribution is 7.98. The van der Waals surface area contributed by atoms with Crippen molar-refractivity contribution < 1.29 is 9.52 Å². The molecule has 0 spiro atoms. The second-order valence-corrected chi connectivity index (χ2v) is 6.99. The zero-order valence-electron chi connectivity index (χ0n) is 14.5. The highest BCUT2D eigenvalue weighted by Crippen LogP contribution is 2.24. The predicted molar refractivity (Wildman–Crippen MR) is 105 cm³/mol. The van der Waals surface area contributed by atoms with E-state index in [4.69, 9.17) is 4.42 Å². The van der Waals surface area contributed by atoms with Gasteiger partial charge in [0, 0.05) is 12.6 Å². The molecule has 0 saturated heterocycles. The molecule has 27 heavy (non-hydrogen) atoms. The van der Waals surface area contributed by atoms with Crippen molar-refractivity contribution >= 4 is 33.4 Å². The van der Waals surface area contributed by atoms with Crippen molar-refractivity contribution in [2.45, 2.75) is 24.4 Å². The predicted octanol–water partition coefficient (Wildman–Crippen LogP) is 3.52. The van der Waals surface area contributed by atoms with Gasteiger partial charge < -0.3 is 9.52 Å². The van der Waals surface area contributed by atoms with Gasteiger partial charge in [0.15, 0.2) is 10.9 Å². The normalized spacial score (nSPS) is 11.3. The molecule has 0 bridgehead atoms. The molecule has 0 unspecified atom stereocenters. The molecule has 0 saturated carbocycles. The lowest BCUT2D eigenvalue weighted by Crippen LogP contribution is -2.22. The molecular formula is C20H16N2O4S. The quantitative estimate of drug-likeness (QED) is 0.331. The molecule has 2 aromatic carbocycles. The summed E-state index contributed by atoms with van der Waals surface area (Å²) in [5.41, 5.74) is 0.0450. The molecule has 0 aliphatic rings. The van der Waals surface area contributed by atoms with Crippen molar-refractivity contribution in [3.8, 4) is 5.75 Å². The van der Waals surface area contributed by atoms with Gasteiger partial charge in [-0.2, -0.15) is 0 Å². The van der Waals surface area contributed by atoms with Crippen LogP contribution in [-0.2, 0) is 12.3 Å². The molecule has 4 rings (SSSR count). The van der Waals surface area contributed by atoms with Gasteiger partial charge in [0.05, 0.1) is 16.7 Å². The Balaban J connectivity index is 1.79. The Morgan fingerprint density at radius 2 is 1.89 bits per heavy atom. The van der Waals surface area contributed by atoms with Crippen LogP contribution in [0, 0.1) is 0 Å². The van der Waals surface area contributed by atoms with E-state index in [0.29, 0.717) is 34.1 Å². The van der Waals surface area contributed by atoms with Crippen LogP contribution in [0.2, 0.25) is 0 Å². The lowest BCUT2D eigenvalue weighted by atomic mass is 10.1. The summed E-state index contributed by atoms with van der Waals surface area (Å²) in [5, 5.41) is 12.4. The van der Waals surface area contributed by atoms with Crippen LogP contribution in [0.1, 0.15) is 12.7 Å². The Morgan fingerprint density at radius 3 is 2.59 bits per heavy atom. The smallest absolute Gasteiger partial charge is 0.262 e. The highest BCUT2D eigenvalue weighted by Gasteiger charge is 2.13. The van der Waals surface area contributed by atoms with Gasteiger partial charge in [0.1, 0.15) is 12.0 Å². The first-order valence-corrected chi connectivity index (χ1v) is 9.42. The van der Waals surface area contributed by atoms with Gasteiger partial charge in [-0.05, 0) is 29.8 Å². The lowest BCUT2D eigenvalue weighted by molar-refractivity contribution is 0.419. The number of hydrogen-bond acceptors (Lipinski definition) is 6. The van der Waals surface area contributed by atoms with Gasteiger partial charge >= 0.3 is 0 Å². The van der Waals surface area contributed by atoms with Crippen molar-refractivity contribution in [3.05, 3.63) is 75.1 Å². The molecule has 1 N–H and O–H groups in total. The summed E-state index contributed by atoms with van der Waals surface area (Å²) in [5.74, 6) is 0.296. The molecule has 136 valence electrons. The van der Waals surface area contributed by atoms with Crippen LogP contribution in [-0.4, -0.2) is 14.7 Å². The largest absolute Gasteiger partial charge is 0.502 e. The van der Waals surface area contributed by atoms with Crippen molar-refractivity contribution in [2.75, 3.05) is 0 Å². The van der Waals surface area contributed by atoms with E-state index >= 15 is 0 Å². The van der Waals surface area contributed by atoms with Gasteiger partial charge in [0.25, 0.3) is 5.56 Å². The fraction of sp³-hybridized carbons (Fsp3) is 0.150. The Kier molecular flexibility index (Phi) is 4.45. The van der Waals surface area contributed by atoms with E-state index in [2.05, 4.69) is 4.98 Å². The highest BCUT2D eigenvalue weighted by atomic mass is 32.2. The van der Waals surface area contributed by atoms with Crippen molar-refractivity contribution in [1.82, 2.24) is 9.55 Å². The fourth-order valence-corrected chi connectivity index (χ4v) is 3.89. The molecule has 0 radical (unpaired) electrons. The summed E-state index contributed by atoms with van der Waals surface area (Å²) in [6.07, 6.45) is 1.02. The third-order valence-electron chi connectivity index (χ3n) is 4.31. The van der Waals surface area contributed by atoms with Gasteiger partial charge in [-0.1, -0.05) is 36.0 Å². The maximum atomic E-state index is 12.9. The molecule has 7 heteroatoms. The van der Waals surface area contributed by atoms with Crippen LogP contribution < -0.4 is 11.0 Å². The van der Waals surface area contributed by atoms with E-state index in [0.717, 1.165) is 17.0 Å². The fourth-order valence-electron chi connectivity index (χ4n) is 2.93. The third kappa shape index (κ3) is 3.21. The van der Waals surface area contributed by atoms with Gasteiger partial charge in [0.2, 0.25) is 5.43 Å². The molecule has 2 heterocycles. The van der Waals surface area contributed by atoms with Crippen molar-refractivity contribution in [2.24, 2.45) is 0 Å². The van der Waals surface area contributed by atoms with Crippen LogP contribution >= 0.6 is 11.8 Å². The molecule has 4 aromatic rings. The lowest BCUT2D eigenvalue weighted by Gasteiger charge is -2.11. The van der Waals surface area contributed by atoms with Crippen LogP contribution in [0.4, 0.5) is 0 Å². The standard InChI is InChI=1S/C20H16N2O4S/c1-2-22-19(25)15-7-12-5-3-4-6-13(12)8-16(15)21-20(22)27-11-14-9-17(23)18(24)10-26-14/h3-10,24H,2,11H2,1H3. The SMILES string of the molecule is CCn1c(SCc2cc(=O)c(O)co2)nc2cc3ccccc3cc2c1=O. The summed E-state index contributed by atoms with van der Waals surface area (Å²) >= 11 is 1.31. The molecule has 0 atom stereocenters. The minimum atomic E-state index is -0.498. The van der Waals surface area contributed by atoms with Crippen molar-refractivity contribution in [1.29, 1.82) is 0 Å². The molecule has 2 aromatic heterocycles. The maximum Gasteiger partial charge on any atom is 0.262 e. The first-order valence-electron chi connectivity index (χ1n) is 8.43. The van der Waals surface area contributed by atoms with Gasteiger partial charge in [-0.15, -0.1) is 0 Å². The second kappa shape index (κ2) is 6.92. The van der Waals surface area contributed by atoms with Crippen molar-refractivity contribution in [3.63, 3.8) is 0 Å². The summed E-state index contributed by atoms with van der Waals surface area (Å²) in [4.78, 5) is 29.1. The summed E-state index contributed by atoms with van der Waals surface area (Å²) in [7, 11) is 0. The topological polar surface area (TPSA) is 85.3 Å². The Hall–Kier alpha value is -3.06. The summed E-state index contributed by atoms with van der Waals surface area (Å²) in [6.45, 7) is 2.37. The number of aromatic hydroxyl groups is 1. The van der Waals surface area contributed by atoms with E-state index in [1.807, 2.05) is 43.3 Å². The number of fused-ring (bicyclic) bond motifs is 2. The van der Waals surface area contributed by atoms with Crippen LogP contribution in [0.5, 0.6) is 5.75 Å². The molecule has 6 nitrogen and oxygen atoms in total. The van der Waals surface area contributed by atoms with Gasteiger partial charge in [-0.3, -0.25) is 14.2 Å². The van der Waals surface area contributed by atoms with E-state index < -0.39 is 11.2 Å². The van der Waals surface area contributed by atoms with Crippen LogP contribution in [0.15, 0.2) is 67.9 Å².